The Bertz CT molecular complexity index is 1600. The molecule has 4 aromatic heterocycles. The van der Waals surface area contributed by atoms with Crippen LogP contribution < -0.4 is 10.5 Å². The molecule has 6 rings (SSSR count). The molecule has 1 unspecified atom stereocenters. The number of fused-ring (bicyclic) bond motifs is 2. The van der Waals surface area contributed by atoms with Crippen LogP contribution in [0.1, 0.15) is 34.6 Å². The van der Waals surface area contributed by atoms with E-state index in [1.54, 1.807) is 13.3 Å². The lowest BCUT2D eigenvalue weighted by Crippen LogP contribution is -2.45. The summed E-state index contributed by atoms with van der Waals surface area (Å²) in [4.78, 5) is 24.6. The van der Waals surface area contributed by atoms with Crippen LogP contribution >= 0.6 is 0 Å². The van der Waals surface area contributed by atoms with Gasteiger partial charge in [0.2, 0.25) is 0 Å². The van der Waals surface area contributed by atoms with Gasteiger partial charge in [0.1, 0.15) is 17.1 Å². The highest BCUT2D eigenvalue weighted by molar-refractivity contribution is 5.95. The Morgan fingerprint density at radius 3 is 2.81 bits per heavy atom. The molecule has 0 spiro atoms. The van der Waals surface area contributed by atoms with E-state index in [4.69, 9.17) is 15.5 Å². The summed E-state index contributed by atoms with van der Waals surface area (Å²) < 4.78 is 9.57. The fourth-order valence-electron chi connectivity index (χ4n) is 5.28. The van der Waals surface area contributed by atoms with Gasteiger partial charge in [-0.2, -0.15) is 0 Å². The molecule has 2 N–H and O–H groups in total. The van der Waals surface area contributed by atoms with Crippen LogP contribution in [-0.4, -0.2) is 56.0 Å². The van der Waals surface area contributed by atoms with E-state index in [1.807, 2.05) is 51.9 Å². The largest absolute Gasteiger partial charge is 0.495 e. The minimum absolute atomic E-state index is 0.0135. The molecule has 1 atom stereocenters. The number of rotatable bonds is 5. The number of carbonyl (C=O) groups is 1. The molecule has 1 saturated heterocycles. The first-order valence-electron chi connectivity index (χ1n) is 12.6. The third-order valence-electron chi connectivity index (χ3n) is 7.26. The molecule has 188 valence electrons. The third kappa shape index (κ3) is 4.23. The van der Waals surface area contributed by atoms with Crippen LogP contribution in [-0.2, 0) is 6.54 Å². The summed E-state index contributed by atoms with van der Waals surface area (Å²) in [6.07, 6.45) is 5.59. The van der Waals surface area contributed by atoms with Crippen molar-refractivity contribution in [2.24, 2.45) is 5.73 Å². The number of methoxy groups -OCH3 is 1. The highest BCUT2D eigenvalue weighted by Crippen LogP contribution is 2.31. The van der Waals surface area contributed by atoms with E-state index in [9.17, 15) is 4.79 Å². The molecular weight excluding hydrogens is 464 g/mol. The van der Waals surface area contributed by atoms with Crippen molar-refractivity contribution < 1.29 is 9.53 Å². The number of hydrogen-bond donors (Lipinski definition) is 1. The van der Waals surface area contributed by atoms with Crippen molar-refractivity contribution in [2.45, 2.75) is 32.4 Å². The Morgan fingerprint density at radius 2 is 2.03 bits per heavy atom. The number of likely N-dealkylation sites (tertiary alicyclic amines) is 1. The highest BCUT2D eigenvalue weighted by atomic mass is 16.5. The van der Waals surface area contributed by atoms with Crippen molar-refractivity contribution in [1.82, 2.24) is 23.8 Å². The summed E-state index contributed by atoms with van der Waals surface area (Å²) >= 11 is 0. The zero-order valence-electron chi connectivity index (χ0n) is 21.1. The first-order chi connectivity index (χ1) is 18.0. The van der Waals surface area contributed by atoms with Gasteiger partial charge in [-0.1, -0.05) is 18.2 Å². The van der Waals surface area contributed by atoms with Gasteiger partial charge in [-0.05, 0) is 56.2 Å². The quantitative estimate of drug-likeness (QED) is 0.394. The molecule has 1 aliphatic rings. The molecule has 8 heteroatoms. The van der Waals surface area contributed by atoms with E-state index in [0.29, 0.717) is 18.7 Å². The second-order valence-corrected chi connectivity index (χ2v) is 9.71. The smallest absolute Gasteiger partial charge is 0.254 e. The summed E-state index contributed by atoms with van der Waals surface area (Å²) in [6, 6.07) is 18.2. The van der Waals surface area contributed by atoms with Crippen LogP contribution in [0, 0.1) is 6.92 Å². The lowest BCUT2D eigenvalue weighted by molar-refractivity contribution is 0.0709. The van der Waals surface area contributed by atoms with Gasteiger partial charge in [-0.3, -0.25) is 9.78 Å². The zero-order chi connectivity index (χ0) is 25.5. The number of hydrogen-bond acceptors (Lipinski definition) is 5. The number of pyridine rings is 2. The van der Waals surface area contributed by atoms with E-state index < -0.39 is 0 Å². The SMILES string of the molecule is COc1ccc(Cn2c(-c3nc4cc(C(=O)N5CCCC(N)C5)ccn4c3C)cc3ccccc32)nc1. The molecule has 0 radical (unpaired) electrons. The van der Waals surface area contributed by atoms with Crippen molar-refractivity contribution in [3.63, 3.8) is 0 Å². The van der Waals surface area contributed by atoms with E-state index in [0.717, 1.165) is 64.5 Å². The van der Waals surface area contributed by atoms with Crippen LogP contribution in [0.3, 0.4) is 0 Å². The number of amides is 1. The monoisotopic (exact) mass is 494 g/mol. The maximum Gasteiger partial charge on any atom is 0.254 e. The van der Waals surface area contributed by atoms with Crippen LogP contribution in [0.5, 0.6) is 5.75 Å². The van der Waals surface area contributed by atoms with Gasteiger partial charge >= 0.3 is 0 Å². The molecule has 5 heterocycles. The second kappa shape index (κ2) is 9.37. The lowest BCUT2D eigenvalue weighted by Gasteiger charge is -2.30. The number of imidazole rings is 1. The van der Waals surface area contributed by atoms with Crippen molar-refractivity contribution in [3.05, 3.63) is 83.9 Å². The fraction of sp³-hybridized carbons (Fsp3) is 0.276. The normalized spacial score (nSPS) is 16.0. The Morgan fingerprint density at radius 1 is 1.16 bits per heavy atom. The maximum absolute atomic E-state index is 13.2. The number of nitrogens with zero attached hydrogens (tertiary/aromatic N) is 5. The Kier molecular flexibility index (Phi) is 5.88. The summed E-state index contributed by atoms with van der Waals surface area (Å²) in [5.74, 6) is 0.744. The Balaban J connectivity index is 1.41. The van der Waals surface area contributed by atoms with Crippen LogP contribution in [0.4, 0.5) is 0 Å². The minimum atomic E-state index is 0.0135. The van der Waals surface area contributed by atoms with Crippen LogP contribution in [0.25, 0.3) is 27.9 Å². The van der Waals surface area contributed by atoms with Crippen molar-refractivity contribution in [3.8, 4) is 17.1 Å². The average Bonchev–Trinajstić information content (AvgIpc) is 3.45. The molecule has 1 fully saturated rings. The number of benzene rings is 1. The fourth-order valence-corrected chi connectivity index (χ4v) is 5.28. The average molecular weight is 495 g/mol. The molecule has 1 aromatic carbocycles. The van der Waals surface area contributed by atoms with Crippen LogP contribution in [0.15, 0.2) is 67.0 Å². The van der Waals surface area contributed by atoms with E-state index in [2.05, 4.69) is 34.7 Å². The summed E-state index contributed by atoms with van der Waals surface area (Å²) in [6.45, 7) is 4.01. The van der Waals surface area contributed by atoms with Crippen molar-refractivity contribution in [1.29, 1.82) is 0 Å². The topological polar surface area (TPSA) is 90.7 Å². The Hall–Kier alpha value is -4.17. The van der Waals surface area contributed by atoms with Gasteiger partial charge in [0.15, 0.2) is 0 Å². The van der Waals surface area contributed by atoms with Crippen LogP contribution in [0.2, 0.25) is 0 Å². The molecule has 5 aromatic rings. The van der Waals surface area contributed by atoms with Gasteiger partial charge in [0.25, 0.3) is 5.91 Å². The summed E-state index contributed by atoms with van der Waals surface area (Å²) in [5.41, 5.74) is 12.5. The summed E-state index contributed by atoms with van der Waals surface area (Å²) in [5, 5.41) is 1.14. The van der Waals surface area contributed by atoms with E-state index in [1.165, 1.54) is 0 Å². The molecule has 1 aliphatic heterocycles. The maximum atomic E-state index is 13.2. The molecule has 37 heavy (non-hydrogen) atoms. The van der Waals surface area contributed by atoms with Gasteiger partial charge < -0.3 is 24.3 Å². The number of piperidine rings is 1. The standard InChI is InChI=1S/C29H30N6O2/c1-19-28(32-27-15-21(11-13-34(19)27)29(36)33-12-5-7-22(30)17-33)26-14-20-6-3-4-8-25(20)35(26)18-23-9-10-24(37-2)16-31-23/h3-4,6,8-11,13-16,22H,5,7,12,17-18,30H2,1-2H3. The first-order valence-corrected chi connectivity index (χ1v) is 12.6. The predicted octanol–water partition coefficient (Wildman–Crippen LogP) is 4.28. The predicted molar refractivity (Wildman–Crippen MR) is 144 cm³/mol. The second-order valence-electron chi connectivity index (χ2n) is 9.71. The Labute approximate surface area is 215 Å². The molecular formula is C29H30N6O2. The number of para-hydroxylation sites is 1. The van der Waals surface area contributed by atoms with Gasteiger partial charge in [0, 0.05) is 47.5 Å². The van der Waals surface area contributed by atoms with Gasteiger partial charge in [-0.15, -0.1) is 0 Å². The first kappa shape index (κ1) is 23.2. The van der Waals surface area contributed by atoms with E-state index >= 15 is 0 Å². The number of ether oxygens (including phenoxy) is 1. The molecule has 8 nitrogen and oxygen atoms in total. The number of carbonyl (C=O) groups excluding carboxylic acids is 1. The lowest BCUT2D eigenvalue weighted by atomic mass is 10.1. The van der Waals surface area contributed by atoms with Crippen molar-refractivity contribution in [2.75, 3.05) is 20.2 Å². The molecule has 0 saturated carbocycles. The number of nitrogens with two attached hydrogens (primary N) is 1. The number of aromatic nitrogens is 4. The van der Waals surface area contributed by atoms with Gasteiger partial charge in [0.05, 0.1) is 31.2 Å². The zero-order valence-corrected chi connectivity index (χ0v) is 21.1. The molecule has 1 amide bonds. The highest BCUT2D eigenvalue weighted by Gasteiger charge is 2.24. The minimum Gasteiger partial charge on any atom is -0.495 e. The summed E-state index contributed by atoms with van der Waals surface area (Å²) in [7, 11) is 1.64. The molecule has 0 aliphatic carbocycles. The number of aryl methyl sites for hydroxylation is 1. The molecule has 0 bridgehead atoms. The van der Waals surface area contributed by atoms with E-state index in [-0.39, 0.29) is 11.9 Å². The van der Waals surface area contributed by atoms with Crippen molar-refractivity contribution >= 4 is 22.5 Å². The third-order valence-corrected chi connectivity index (χ3v) is 7.26. The van der Waals surface area contributed by atoms with Gasteiger partial charge in [-0.25, -0.2) is 4.98 Å².